The van der Waals surface area contributed by atoms with Gasteiger partial charge in [0, 0.05) is 5.69 Å². The monoisotopic (exact) mass is 300 g/mol. The zero-order valence-corrected chi connectivity index (χ0v) is 12.6. The number of nitrogens with zero attached hydrogens (tertiary/aromatic N) is 1. The lowest BCUT2D eigenvalue weighted by Gasteiger charge is -2.28. The maximum atomic E-state index is 12.1. The summed E-state index contributed by atoms with van der Waals surface area (Å²) in [7, 11) is 1.93. The van der Waals surface area contributed by atoms with Crippen molar-refractivity contribution in [2.45, 2.75) is 12.8 Å². The highest BCUT2D eigenvalue weighted by atomic mass is 16.2. The molecule has 0 aromatic carbocycles. The van der Waals surface area contributed by atoms with Gasteiger partial charge in [0.25, 0.3) is 5.91 Å². The number of rotatable bonds is 4. The van der Waals surface area contributed by atoms with Gasteiger partial charge in [-0.15, -0.1) is 0 Å². The molecule has 116 valence electrons. The molecule has 0 spiro atoms. The average molecular weight is 300 g/mol. The molecule has 1 aliphatic rings. The van der Waals surface area contributed by atoms with Crippen LogP contribution in [0.15, 0.2) is 12.3 Å². The summed E-state index contributed by atoms with van der Waals surface area (Å²) < 4.78 is 0. The van der Waals surface area contributed by atoms with Gasteiger partial charge in [-0.1, -0.05) is 5.46 Å². The summed E-state index contributed by atoms with van der Waals surface area (Å²) >= 11 is 0. The van der Waals surface area contributed by atoms with E-state index in [1.165, 1.54) is 0 Å². The molecule has 1 amide bonds. The number of H-pyrrole nitrogens is 2. The number of anilines is 1. The summed E-state index contributed by atoms with van der Waals surface area (Å²) in [6.45, 7) is 1.22. The largest absolute Gasteiger partial charge is 0.358 e. The van der Waals surface area contributed by atoms with Gasteiger partial charge in [-0.05, 0) is 50.0 Å². The van der Waals surface area contributed by atoms with E-state index in [0.29, 0.717) is 36.6 Å². The van der Waals surface area contributed by atoms with Crippen LogP contribution < -0.4 is 22.2 Å². The zero-order valence-electron chi connectivity index (χ0n) is 12.6. The third-order valence-corrected chi connectivity index (χ3v) is 4.36. The van der Waals surface area contributed by atoms with Gasteiger partial charge >= 0.3 is 0 Å². The van der Waals surface area contributed by atoms with Crippen molar-refractivity contribution in [3.8, 4) is 0 Å². The number of imidazole rings is 1. The molecule has 7 nitrogen and oxygen atoms in total. The van der Waals surface area contributed by atoms with Gasteiger partial charge in [0.05, 0.1) is 5.69 Å². The van der Waals surface area contributed by atoms with Crippen LogP contribution in [0.2, 0.25) is 0 Å². The van der Waals surface area contributed by atoms with Gasteiger partial charge < -0.3 is 21.4 Å². The molecule has 0 fully saturated rings. The summed E-state index contributed by atoms with van der Waals surface area (Å²) in [5, 5.41) is 2.80. The third-order valence-electron chi connectivity index (χ3n) is 4.36. The molecule has 0 radical (unpaired) electrons. The average Bonchev–Trinajstić information content (AvgIpc) is 3.10. The number of hydrogen-bond donors (Lipinski definition) is 5. The van der Waals surface area contributed by atoms with Crippen LogP contribution >= 0.6 is 0 Å². The Morgan fingerprint density at radius 1 is 1.36 bits per heavy atom. The second-order valence-corrected chi connectivity index (χ2v) is 5.96. The van der Waals surface area contributed by atoms with Crippen molar-refractivity contribution in [1.29, 1.82) is 0 Å². The van der Waals surface area contributed by atoms with Crippen molar-refractivity contribution in [2.75, 3.05) is 18.4 Å². The molecule has 7 N–H and O–H groups in total. The molecule has 0 bridgehead atoms. The molecular weight excluding hydrogens is 279 g/mol. The minimum absolute atomic E-state index is 0.204. The fourth-order valence-electron chi connectivity index (χ4n) is 3.05. The summed E-state index contributed by atoms with van der Waals surface area (Å²) in [6.07, 6.45) is 3.43. The van der Waals surface area contributed by atoms with Crippen LogP contribution in [-0.2, 0) is 12.8 Å². The maximum absolute atomic E-state index is 12.1. The molecule has 8 heteroatoms. The quantitative estimate of drug-likeness (QED) is 0.440. The maximum Gasteiger partial charge on any atom is 0.274 e. The second kappa shape index (κ2) is 5.98. The van der Waals surface area contributed by atoms with E-state index in [-0.39, 0.29) is 5.91 Å². The van der Waals surface area contributed by atoms with Crippen LogP contribution in [0.3, 0.4) is 0 Å². The minimum atomic E-state index is -0.204. The standard InChI is InChI=1S/C14H21BN6O/c15-9-3-12(18-6-9)13(22)21-14-19-10-1-7(4-16)8(5-17)2-11(10)20-14/h3,6-8,18H,1-2,4-5,15-17H2,(H2,19,20,21,22)/t7-,8-/m1/s1. The fourth-order valence-corrected chi connectivity index (χ4v) is 3.05. The highest BCUT2D eigenvalue weighted by Gasteiger charge is 2.29. The SMILES string of the molecule is Bc1c[nH]c(C(=O)Nc2nc3c([nH]2)C[C@H](CN)[C@@H](CN)C3)c1. The Kier molecular flexibility index (Phi) is 4.04. The van der Waals surface area contributed by atoms with Crippen molar-refractivity contribution in [3.63, 3.8) is 0 Å². The second-order valence-electron chi connectivity index (χ2n) is 5.96. The van der Waals surface area contributed by atoms with Crippen molar-refractivity contribution in [3.05, 3.63) is 29.3 Å². The molecule has 0 saturated carbocycles. The summed E-state index contributed by atoms with van der Waals surface area (Å²) in [5.74, 6) is 1.00. The summed E-state index contributed by atoms with van der Waals surface area (Å²) in [5.41, 5.74) is 15.2. The fraction of sp³-hybridized carbons (Fsp3) is 0.429. The molecule has 2 atom stereocenters. The van der Waals surface area contributed by atoms with Gasteiger partial charge in [-0.25, -0.2) is 4.98 Å². The number of aromatic amines is 2. The van der Waals surface area contributed by atoms with E-state index in [4.69, 9.17) is 11.5 Å². The van der Waals surface area contributed by atoms with E-state index in [9.17, 15) is 4.79 Å². The molecule has 2 aromatic rings. The number of carbonyl (C=O) groups is 1. The van der Waals surface area contributed by atoms with E-state index in [1.54, 1.807) is 12.3 Å². The zero-order chi connectivity index (χ0) is 15.7. The molecule has 0 unspecified atom stereocenters. The lowest BCUT2D eigenvalue weighted by molar-refractivity contribution is 0.102. The molecular formula is C14H21BN6O. The van der Waals surface area contributed by atoms with Gasteiger partial charge in [-0.3, -0.25) is 10.1 Å². The van der Waals surface area contributed by atoms with Gasteiger partial charge in [0.2, 0.25) is 5.95 Å². The van der Waals surface area contributed by atoms with Crippen LogP contribution in [0.4, 0.5) is 5.95 Å². The van der Waals surface area contributed by atoms with Crippen molar-refractivity contribution >= 4 is 25.2 Å². The number of carbonyl (C=O) groups excluding carboxylic acids is 1. The number of aromatic nitrogens is 3. The van der Waals surface area contributed by atoms with Crippen LogP contribution in [0.1, 0.15) is 21.9 Å². The van der Waals surface area contributed by atoms with Gasteiger partial charge in [0.15, 0.2) is 0 Å². The molecule has 3 rings (SSSR count). The van der Waals surface area contributed by atoms with Gasteiger partial charge in [-0.2, -0.15) is 0 Å². The molecule has 2 aromatic heterocycles. The highest BCUT2D eigenvalue weighted by molar-refractivity contribution is 6.32. The van der Waals surface area contributed by atoms with Gasteiger partial charge in [0.1, 0.15) is 13.5 Å². The molecule has 0 saturated heterocycles. The van der Waals surface area contributed by atoms with E-state index < -0.39 is 0 Å². The Morgan fingerprint density at radius 3 is 2.73 bits per heavy atom. The number of hydrogen-bond acceptors (Lipinski definition) is 4. The predicted octanol–water partition coefficient (Wildman–Crippen LogP) is -1.50. The minimum Gasteiger partial charge on any atom is -0.358 e. The first-order chi connectivity index (χ1) is 10.6. The smallest absolute Gasteiger partial charge is 0.274 e. The van der Waals surface area contributed by atoms with Crippen LogP contribution in [-0.4, -0.2) is 41.8 Å². The van der Waals surface area contributed by atoms with Crippen molar-refractivity contribution < 1.29 is 4.79 Å². The molecule has 1 aliphatic carbocycles. The van der Waals surface area contributed by atoms with Crippen LogP contribution in [0.25, 0.3) is 0 Å². The van der Waals surface area contributed by atoms with E-state index in [0.717, 1.165) is 29.7 Å². The number of fused-ring (bicyclic) bond motifs is 1. The predicted molar refractivity (Wildman–Crippen MR) is 88.0 cm³/mol. The van der Waals surface area contributed by atoms with E-state index in [1.807, 2.05) is 7.85 Å². The normalized spacial score (nSPS) is 20.6. The Balaban J connectivity index is 1.75. The lowest BCUT2D eigenvalue weighted by atomic mass is 9.80. The Labute approximate surface area is 129 Å². The highest BCUT2D eigenvalue weighted by Crippen LogP contribution is 2.28. The lowest BCUT2D eigenvalue weighted by Crippen LogP contribution is -2.35. The van der Waals surface area contributed by atoms with E-state index >= 15 is 0 Å². The van der Waals surface area contributed by atoms with E-state index in [2.05, 4.69) is 20.3 Å². The third kappa shape index (κ3) is 2.79. The Hall–Kier alpha value is -2.06. The Bertz CT molecular complexity index is 649. The first kappa shape index (κ1) is 14.9. The topological polar surface area (TPSA) is 126 Å². The van der Waals surface area contributed by atoms with Crippen molar-refractivity contribution in [2.24, 2.45) is 23.3 Å². The summed E-state index contributed by atoms with van der Waals surface area (Å²) in [6, 6.07) is 1.80. The molecule has 22 heavy (non-hydrogen) atoms. The van der Waals surface area contributed by atoms with Crippen LogP contribution in [0.5, 0.6) is 0 Å². The first-order valence-corrected chi connectivity index (χ1v) is 7.55. The first-order valence-electron chi connectivity index (χ1n) is 7.55. The van der Waals surface area contributed by atoms with Crippen molar-refractivity contribution in [1.82, 2.24) is 15.0 Å². The Morgan fingerprint density at radius 2 is 2.09 bits per heavy atom. The van der Waals surface area contributed by atoms with Crippen LogP contribution in [0, 0.1) is 11.8 Å². The number of nitrogens with one attached hydrogen (secondary N) is 3. The number of amides is 1. The summed E-state index contributed by atoms with van der Waals surface area (Å²) in [4.78, 5) is 22.8. The molecule has 2 heterocycles. The number of nitrogens with two attached hydrogens (primary N) is 2. The molecule has 0 aliphatic heterocycles.